The van der Waals surface area contributed by atoms with Crippen molar-refractivity contribution in [2.24, 2.45) is 0 Å². The number of rotatable bonds is 10. The van der Waals surface area contributed by atoms with Crippen molar-refractivity contribution < 1.29 is 42.9 Å². The number of methoxy groups -OCH3 is 2. The first kappa shape index (κ1) is 27.1. The Labute approximate surface area is 202 Å². The van der Waals surface area contributed by atoms with Crippen molar-refractivity contribution >= 4 is 24.1 Å². The van der Waals surface area contributed by atoms with Gasteiger partial charge in [-0.1, -0.05) is 0 Å². The number of amides is 2. The Morgan fingerprint density at radius 1 is 0.743 bits per heavy atom. The van der Waals surface area contributed by atoms with E-state index in [9.17, 15) is 19.2 Å². The molecule has 0 bridgehead atoms. The van der Waals surface area contributed by atoms with Gasteiger partial charge in [0.15, 0.2) is 0 Å². The van der Waals surface area contributed by atoms with Gasteiger partial charge in [-0.25, -0.2) is 19.2 Å². The summed E-state index contributed by atoms with van der Waals surface area (Å²) in [7, 11) is 2.56. The number of esters is 2. The molecule has 0 aromatic heterocycles. The van der Waals surface area contributed by atoms with Crippen LogP contribution in [0, 0.1) is 0 Å². The second kappa shape index (κ2) is 13.6. The average molecular weight is 488 g/mol. The minimum Gasteiger partial charge on any atom is -0.465 e. The van der Waals surface area contributed by atoms with Crippen LogP contribution in [0.15, 0.2) is 48.5 Å². The Morgan fingerprint density at radius 3 is 1.66 bits per heavy atom. The number of nitrogens with one attached hydrogen (secondary N) is 2. The van der Waals surface area contributed by atoms with Crippen LogP contribution in [-0.4, -0.2) is 63.6 Å². The normalized spacial score (nSPS) is 12.0. The van der Waals surface area contributed by atoms with Crippen LogP contribution in [0.3, 0.4) is 0 Å². The second-order valence-corrected chi connectivity index (χ2v) is 7.38. The van der Waals surface area contributed by atoms with Gasteiger partial charge in [-0.2, -0.15) is 0 Å². The molecule has 0 saturated carbocycles. The van der Waals surface area contributed by atoms with Crippen molar-refractivity contribution in [3.8, 4) is 11.5 Å². The molecule has 0 aliphatic heterocycles. The second-order valence-electron chi connectivity index (χ2n) is 7.38. The largest absolute Gasteiger partial charge is 0.465 e. The third kappa shape index (κ3) is 9.33. The predicted octanol–water partition coefficient (Wildman–Crippen LogP) is 2.93. The van der Waals surface area contributed by atoms with E-state index in [-0.39, 0.29) is 36.8 Å². The monoisotopic (exact) mass is 488 g/mol. The van der Waals surface area contributed by atoms with Crippen molar-refractivity contribution in [2.45, 2.75) is 26.0 Å². The van der Waals surface area contributed by atoms with E-state index in [1.807, 2.05) is 0 Å². The summed E-state index contributed by atoms with van der Waals surface area (Å²) in [5, 5.41) is 5.19. The summed E-state index contributed by atoms with van der Waals surface area (Å²) in [5.74, 6) is -0.449. The molecule has 0 radical (unpaired) electrons. The lowest BCUT2D eigenvalue weighted by Crippen LogP contribution is -2.40. The molecule has 2 rings (SSSR count). The van der Waals surface area contributed by atoms with Crippen LogP contribution in [0.5, 0.6) is 11.5 Å². The molecular weight excluding hydrogens is 460 g/mol. The molecular formula is C24H28N2O9. The molecule has 2 atom stereocenters. The van der Waals surface area contributed by atoms with Crippen LogP contribution in [0.1, 0.15) is 34.6 Å². The molecule has 2 aromatic carbocycles. The molecule has 188 valence electrons. The van der Waals surface area contributed by atoms with Crippen LogP contribution in [-0.2, 0) is 14.2 Å². The predicted molar refractivity (Wildman–Crippen MR) is 124 cm³/mol. The van der Waals surface area contributed by atoms with Crippen molar-refractivity contribution in [2.75, 3.05) is 27.4 Å². The molecule has 35 heavy (non-hydrogen) atoms. The first-order chi connectivity index (χ1) is 16.7. The number of hydrogen-bond donors (Lipinski definition) is 2. The van der Waals surface area contributed by atoms with Crippen LogP contribution in [0.25, 0.3) is 0 Å². The van der Waals surface area contributed by atoms with E-state index in [4.69, 9.17) is 14.2 Å². The van der Waals surface area contributed by atoms with Gasteiger partial charge < -0.3 is 34.3 Å². The summed E-state index contributed by atoms with van der Waals surface area (Å²) in [6, 6.07) is 11.5. The SMILES string of the molecule is COC(=O)c1ccc(OC(=O)NCC(C)OCC(C)NC(=O)Oc2ccc(C(=O)OC)cc2)cc1. The molecule has 0 fully saturated rings. The fraction of sp³-hybridized carbons (Fsp3) is 0.333. The molecule has 0 aliphatic rings. The highest BCUT2D eigenvalue weighted by Gasteiger charge is 2.14. The lowest BCUT2D eigenvalue weighted by molar-refractivity contribution is 0.0533. The van der Waals surface area contributed by atoms with Crippen molar-refractivity contribution in [1.82, 2.24) is 10.6 Å². The zero-order valence-corrected chi connectivity index (χ0v) is 19.9. The van der Waals surface area contributed by atoms with Gasteiger partial charge in [-0.15, -0.1) is 0 Å². The van der Waals surface area contributed by atoms with Crippen LogP contribution < -0.4 is 20.1 Å². The summed E-state index contributed by atoms with van der Waals surface area (Å²) in [6.07, 6.45) is -1.73. The van der Waals surface area contributed by atoms with E-state index in [0.717, 1.165) is 0 Å². The summed E-state index contributed by atoms with van der Waals surface area (Å²) in [4.78, 5) is 46.8. The Morgan fingerprint density at radius 2 is 1.20 bits per heavy atom. The molecule has 2 aromatic rings. The maximum atomic E-state index is 12.0. The van der Waals surface area contributed by atoms with Crippen molar-refractivity contribution in [3.05, 3.63) is 59.7 Å². The first-order valence-electron chi connectivity index (χ1n) is 10.6. The van der Waals surface area contributed by atoms with E-state index in [1.54, 1.807) is 13.8 Å². The van der Waals surface area contributed by atoms with Crippen LogP contribution in [0.4, 0.5) is 9.59 Å². The van der Waals surface area contributed by atoms with E-state index in [1.165, 1.54) is 62.8 Å². The summed E-state index contributed by atoms with van der Waals surface area (Å²) >= 11 is 0. The third-order valence-electron chi connectivity index (χ3n) is 4.50. The minimum atomic E-state index is -0.681. The quantitative estimate of drug-likeness (QED) is 0.483. The number of benzene rings is 2. The van der Waals surface area contributed by atoms with E-state index in [2.05, 4.69) is 20.1 Å². The molecule has 11 nitrogen and oxygen atoms in total. The number of carbonyl (C=O) groups excluding carboxylic acids is 4. The summed E-state index contributed by atoms with van der Waals surface area (Å²) in [5.41, 5.74) is 0.676. The zero-order chi connectivity index (χ0) is 25.8. The van der Waals surface area contributed by atoms with Gasteiger partial charge in [0.2, 0.25) is 0 Å². The fourth-order valence-corrected chi connectivity index (χ4v) is 2.67. The Kier molecular flexibility index (Phi) is 10.5. The highest BCUT2D eigenvalue weighted by molar-refractivity contribution is 5.90. The van der Waals surface area contributed by atoms with E-state index < -0.39 is 24.1 Å². The lowest BCUT2D eigenvalue weighted by Gasteiger charge is -2.18. The molecule has 0 spiro atoms. The zero-order valence-electron chi connectivity index (χ0n) is 19.9. The van der Waals surface area contributed by atoms with Crippen LogP contribution >= 0.6 is 0 Å². The average Bonchev–Trinajstić information content (AvgIpc) is 2.86. The molecule has 0 saturated heterocycles. The molecule has 0 aliphatic carbocycles. The topological polar surface area (TPSA) is 138 Å². The lowest BCUT2D eigenvalue weighted by atomic mass is 10.2. The van der Waals surface area contributed by atoms with Gasteiger partial charge in [0.1, 0.15) is 11.5 Å². The maximum Gasteiger partial charge on any atom is 0.412 e. The molecule has 2 unspecified atom stereocenters. The molecule has 0 heterocycles. The van der Waals surface area contributed by atoms with Gasteiger partial charge in [0.05, 0.1) is 44.1 Å². The van der Waals surface area contributed by atoms with E-state index >= 15 is 0 Å². The maximum absolute atomic E-state index is 12.0. The summed E-state index contributed by atoms with van der Waals surface area (Å²) in [6.45, 7) is 3.82. The van der Waals surface area contributed by atoms with Crippen molar-refractivity contribution in [3.63, 3.8) is 0 Å². The fourth-order valence-electron chi connectivity index (χ4n) is 2.67. The van der Waals surface area contributed by atoms with Gasteiger partial charge in [0, 0.05) is 6.54 Å². The molecule has 2 amide bonds. The number of hydrogen-bond acceptors (Lipinski definition) is 9. The summed E-state index contributed by atoms with van der Waals surface area (Å²) < 4.78 is 25.1. The van der Waals surface area contributed by atoms with Crippen LogP contribution in [0.2, 0.25) is 0 Å². The highest BCUT2D eigenvalue weighted by atomic mass is 16.6. The Hall–Kier alpha value is -4.12. The third-order valence-corrected chi connectivity index (χ3v) is 4.50. The Balaban J connectivity index is 1.66. The molecule has 11 heteroatoms. The highest BCUT2D eigenvalue weighted by Crippen LogP contribution is 2.14. The van der Waals surface area contributed by atoms with Crippen molar-refractivity contribution in [1.29, 1.82) is 0 Å². The first-order valence-corrected chi connectivity index (χ1v) is 10.6. The number of carbonyl (C=O) groups is 4. The standard InChI is InChI=1S/C24H28N2O9/c1-15(26-24(30)35-20-11-7-18(8-12-20)22(28)32-4)14-33-16(2)13-25-23(29)34-19-9-5-17(6-10-19)21(27)31-3/h5-12,15-16H,13-14H2,1-4H3,(H,25,29)(H,26,30). The smallest absolute Gasteiger partial charge is 0.412 e. The minimum absolute atomic E-state index is 0.169. The number of ether oxygens (including phenoxy) is 5. The molecule has 2 N–H and O–H groups in total. The van der Waals surface area contributed by atoms with Gasteiger partial charge in [-0.3, -0.25) is 0 Å². The van der Waals surface area contributed by atoms with Gasteiger partial charge in [0.25, 0.3) is 0 Å². The van der Waals surface area contributed by atoms with E-state index in [0.29, 0.717) is 11.1 Å². The Bertz CT molecular complexity index is 1010. The van der Waals surface area contributed by atoms with Gasteiger partial charge >= 0.3 is 24.1 Å². The van der Waals surface area contributed by atoms with Gasteiger partial charge in [-0.05, 0) is 62.4 Å².